The van der Waals surface area contributed by atoms with Gasteiger partial charge in [-0.25, -0.2) is 4.98 Å². The molecule has 3 heterocycles. The largest absolute Gasteiger partial charge is 0.494 e. The van der Waals surface area contributed by atoms with Crippen molar-refractivity contribution in [3.05, 3.63) is 40.3 Å². The molecule has 9 heteroatoms. The van der Waals surface area contributed by atoms with Crippen molar-refractivity contribution in [1.29, 1.82) is 0 Å². The normalized spacial score (nSPS) is 14.8. The van der Waals surface area contributed by atoms with Crippen molar-refractivity contribution in [3.8, 4) is 5.75 Å². The van der Waals surface area contributed by atoms with E-state index in [2.05, 4.69) is 4.90 Å². The van der Waals surface area contributed by atoms with Crippen LogP contribution in [0.25, 0.3) is 10.2 Å². The van der Waals surface area contributed by atoms with Crippen LogP contribution in [-0.2, 0) is 4.74 Å². The Bertz CT molecular complexity index is 1070. The number of benzene rings is 1. The summed E-state index contributed by atoms with van der Waals surface area (Å²) in [4.78, 5) is 22.3. The van der Waals surface area contributed by atoms with Crippen LogP contribution in [0.5, 0.6) is 5.75 Å². The summed E-state index contributed by atoms with van der Waals surface area (Å²) >= 11 is 7.81. The summed E-state index contributed by atoms with van der Waals surface area (Å²) in [5.74, 6) is 1.84. The van der Waals surface area contributed by atoms with Crippen molar-refractivity contribution in [3.63, 3.8) is 0 Å². The lowest BCUT2D eigenvalue weighted by molar-refractivity contribution is 0.0376. The van der Waals surface area contributed by atoms with Crippen molar-refractivity contribution < 1.29 is 18.7 Å². The predicted molar refractivity (Wildman–Crippen MR) is 123 cm³/mol. The Balaban J connectivity index is 1.64. The summed E-state index contributed by atoms with van der Waals surface area (Å²) < 4.78 is 17.3. The summed E-state index contributed by atoms with van der Waals surface area (Å²) in [6.07, 6.45) is 0.822. The van der Waals surface area contributed by atoms with Crippen LogP contribution in [-0.4, -0.2) is 62.3 Å². The first-order valence-corrected chi connectivity index (χ1v) is 11.5. The van der Waals surface area contributed by atoms with E-state index >= 15 is 0 Å². The Morgan fingerprint density at radius 1 is 1.32 bits per heavy atom. The van der Waals surface area contributed by atoms with E-state index in [1.807, 2.05) is 13.8 Å². The highest BCUT2D eigenvalue weighted by atomic mass is 35.5. The Hall–Kier alpha value is -2.13. The molecular weight excluding hydrogens is 438 g/mol. The number of aryl methyl sites for hydroxylation is 2. The number of anilines is 1. The summed E-state index contributed by atoms with van der Waals surface area (Å²) in [5, 5.41) is 1.20. The number of amides is 1. The Labute approximate surface area is 190 Å². The smallest absolute Gasteiger partial charge is 0.263 e. The summed E-state index contributed by atoms with van der Waals surface area (Å²) in [6, 6.07) is 5.37. The van der Waals surface area contributed by atoms with Crippen LogP contribution in [0.4, 0.5) is 5.13 Å². The van der Waals surface area contributed by atoms with Gasteiger partial charge in [-0.3, -0.25) is 14.6 Å². The molecule has 0 atom stereocenters. The molecule has 1 aliphatic heterocycles. The molecule has 1 aromatic carbocycles. The van der Waals surface area contributed by atoms with Gasteiger partial charge in [0.05, 0.1) is 35.6 Å². The van der Waals surface area contributed by atoms with E-state index in [1.165, 1.54) is 11.3 Å². The molecule has 4 rings (SSSR count). The topological polar surface area (TPSA) is 68.0 Å². The minimum atomic E-state index is -0.120. The number of furan rings is 1. The van der Waals surface area contributed by atoms with Crippen LogP contribution in [0.2, 0.25) is 5.02 Å². The molecule has 2 aromatic heterocycles. The van der Waals surface area contributed by atoms with Gasteiger partial charge in [0.15, 0.2) is 5.13 Å². The van der Waals surface area contributed by atoms with E-state index in [0.29, 0.717) is 45.0 Å². The number of fused-ring (bicyclic) bond motifs is 1. The summed E-state index contributed by atoms with van der Waals surface area (Å²) in [6.45, 7) is 8.44. The fourth-order valence-electron chi connectivity index (χ4n) is 3.77. The third kappa shape index (κ3) is 4.72. The van der Waals surface area contributed by atoms with Gasteiger partial charge in [-0.05, 0) is 38.5 Å². The van der Waals surface area contributed by atoms with Gasteiger partial charge in [0.25, 0.3) is 5.91 Å². The molecule has 1 saturated heterocycles. The Kier molecular flexibility index (Phi) is 6.81. The van der Waals surface area contributed by atoms with E-state index < -0.39 is 0 Å². The third-order valence-corrected chi connectivity index (χ3v) is 6.91. The second-order valence-electron chi connectivity index (χ2n) is 7.52. The van der Waals surface area contributed by atoms with Gasteiger partial charge in [-0.1, -0.05) is 22.9 Å². The maximum Gasteiger partial charge on any atom is 0.263 e. The zero-order chi connectivity index (χ0) is 22.0. The van der Waals surface area contributed by atoms with Gasteiger partial charge in [-0.15, -0.1) is 0 Å². The number of halogens is 1. The minimum Gasteiger partial charge on any atom is -0.494 e. The molecule has 1 amide bonds. The molecule has 0 aliphatic carbocycles. The lowest BCUT2D eigenvalue weighted by Gasteiger charge is -2.27. The standard InChI is InChI=1S/C22H26ClN3O4S/c1-14-13-16(15(2)30-14)21(27)26(8-4-7-25-9-11-29-12-10-25)22-24-19-18(28-3)6-5-17(23)20(19)31-22/h5-6,13H,4,7-12H2,1-3H3. The maximum atomic E-state index is 13.5. The van der Waals surface area contributed by atoms with Crippen molar-refractivity contribution in [2.24, 2.45) is 0 Å². The van der Waals surface area contributed by atoms with Crippen molar-refractivity contribution >= 4 is 44.2 Å². The van der Waals surface area contributed by atoms with Gasteiger partial charge in [0.2, 0.25) is 0 Å². The molecule has 3 aromatic rings. The van der Waals surface area contributed by atoms with Gasteiger partial charge >= 0.3 is 0 Å². The second-order valence-corrected chi connectivity index (χ2v) is 8.90. The van der Waals surface area contributed by atoms with E-state index in [1.54, 1.807) is 30.2 Å². The van der Waals surface area contributed by atoms with Crippen LogP contribution >= 0.6 is 22.9 Å². The zero-order valence-corrected chi connectivity index (χ0v) is 19.5. The first-order chi connectivity index (χ1) is 15.0. The molecule has 1 fully saturated rings. The number of morpholine rings is 1. The molecule has 0 unspecified atom stereocenters. The first-order valence-electron chi connectivity index (χ1n) is 10.3. The lowest BCUT2D eigenvalue weighted by atomic mass is 10.2. The number of nitrogens with zero attached hydrogens (tertiary/aromatic N) is 3. The van der Waals surface area contributed by atoms with Crippen molar-refractivity contribution in [2.75, 3.05) is 51.4 Å². The third-order valence-electron chi connectivity index (χ3n) is 5.37. The number of rotatable bonds is 7. The highest BCUT2D eigenvalue weighted by Gasteiger charge is 2.26. The average Bonchev–Trinajstić information content (AvgIpc) is 3.35. The predicted octanol–water partition coefficient (Wildman–Crippen LogP) is 4.54. The monoisotopic (exact) mass is 463 g/mol. The van der Waals surface area contributed by atoms with Crippen LogP contribution in [0, 0.1) is 13.8 Å². The van der Waals surface area contributed by atoms with Crippen LogP contribution in [0.15, 0.2) is 22.6 Å². The van der Waals surface area contributed by atoms with Gasteiger partial charge in [0.1, 0.15) is 22.8 Å². The lowest BCUT2D eigenvalue weighted by Crippen LogP contribution is -2.39. The highest BCUT2D eigenvalue weighted by molar-refractivity contribution is 7.23. The molecule has 0 saturated carbocycles. The molecule has 166 valence electrons. The molecule has 0 spiro atoms. The van der Waals surface area contributed by atoms with Crippen molar-refractivity contribution in [1.82, 2.24) is 9.88 Å². The molecular formula is C22H26ClN3O4S. The number of carbonyl (C=O) groups is 1. The minimum absolute atomic E-state index is 0.120. The quantitative estimate of drug-likeness (QED) is 0.512. The fraction of sp³-hybridized carbons (Fsp3) is 0.455. The van der Waals surface area contributed by atoms with E-state index in [4.69, 9.17) is 30.5 Å². The summed E-state index contributed by atoms with van der Waals surface area (Å²) in [7, 11) is 1.60. The van der Waals surface area contributed by atoms with Crippen LogP contribution in [0.3, 0.4) is 0 Å². The highest BCUT2D eigenvalue weighted by Crippen LogP contribution is 2.39. The number of aromatic nitrogens is 1. The SMILES string of the molecule is COc1ccc(Cl)c2sc(N(CCCN3CCOCC3)C(=O)c3cc(C)oc3C)nc12. The molecule has 31 heavy (non-hydrogen) atoms. The van der Waals surface area contributed by atoms with Gasteiger partial charge in [0, 0.05) is 26.2 Å². The van der Waals surface area contributed by atoms with E-state index in [-0.39, 0.29) is 5.91 Å². The Morgan fingerprint density at radius 2 is 2.10 bits per heavy atom. The fourth-order valence-corrected chi connectivity index (χ4v) is 5.05. The van der Waals surface area contributed by atoms with Crippen LogP contribution < -0.4 is 9.64 Å². The Morgan fingerprint density at radius 3 is 2.77 bits per heavy atom. The number of hydrogen-bond donors (Lipinski definition) is 0. The summed E-state index contributed by atoms with van der Waals surface area (Å²) in [5.41, 5.74) is 1.22. The first kappa shape index (κ1) is 22.1. The second kappa shape index (κ2) is 9.56. The number of ether oxygens (including phenoxy) is 2. The van der Waals surface area contributed by atoms with Crippen molar-refractivity contribution in [2.45, 2.75) is 20.3 Å². The van der Waals surface area contributed by atoms with E-state index in [0.717, 1.165) is 44.0 Å². The molecule has 7 nitrogen and oxygen atoms in total. The number of hydrogen-bond acceptors (Lipinski definition) is 7. The zero-order valence-electron chi connectivity index (χ0n) is 17.9. The molecule has 0 N–H and O–H groups in total. The molecule has 1 aliphatic rings. The molecule has 0 bridgehead atoms. The van der Waals surface area contributed by atoms with Gasteiger partial charge < -0.3 is 13.9 Å². The number of carbonyl (C=O) groups excluding carboxylic acids is 1. The van der Waals surface area contributed by atoms with Gasteiger partial charge in [-0.2, -0.15) is 0 Å². The molecule has 0 radical (unpaired) electrons. The average molecular weight is 464 g/mol. The number of thiazole rings is 1. The van der Waals surface area contributed by atoms with Crippen LogP contribution in [0.1, 0.15) is 28.3 Å². The maximum absolute atomic E-state index is 13.5. The number of methoxy groups -OCH3 is 1. The van der Waals surface area contributed by atoms with E-state index in [9.17, 15) is 4.79 Å².